The molecule has 0 saturated heterocycles. The molecular formula is C43H45N3O4Y6-2. The molecule has 6 radical (unpaired) electrons. The van der Waals surface area contributed by atoms with E-state index in [-0.39, 0.29) is 229 Å². The van der Waals surface area contributed by atoms with Crippen LogP contribution in [0.1, 0.15) is 111 Å². The molecule has 0 spiro atoms. The smallest absolute Gasteiger partial charge is 0.252 e. The van der Waals surface area contributed by atoms with E-state index in [1.807, 2.05) is 23.6 Å². The summed E-state index contributed by atoms with van der Waals surface area (Å²) in [7, 11) is 0. The minimum absolute atomic E-state index is 0. The Labute approximate surface area is 482 Å². The monoisotopic (exact) mass is 1200 g/mol. The molecule has 2 aromatic carbocycles. The van der Waals surface area contributed by atoms with Gasteiger partial charge in [-0.1, -0.05) is 130 Å². The maximum atomic E-state index is 12.7. The summed E-state index contributed by atoms with van der Waals surface area (Å²) < 4.78 is 4.02. The minimum atomic E-state index is -1.23. The summed E-state index contributed by atoms with van der Waals surface area (Å²) in [5, 5.41) is 9.46. The van der Waals surface area contributed by atoms with Crippen molar-refractivity contribution in [3.05, 3.63) is 132 Å². The standard InChI is InChI=1S/C22H22NO3.C21H23N2O.6Y/c1-12-18-15-10-13-8-6-7-9-14(13)17(15)21(2,3)22(4,5)23(18)11-16(19(12)24)20(25)26;1-12-18-15-10-13-8-6-7-9-14(13)17(15)20(2,3)21(4,5)23(18)11-16(22)19(12)24;;;;;;/h6-9H,10H2,1-5H3,(H,25,26);6-9H,10,22H2,1-5H3;;;;;;/q2*-1;;;;;;. The number of aromatic nitrogens is 2. The van der Waals surface area contributed by atoms with Gasteiger partial charge in [0.2, 0.25) is 0 Å². The van der Waals surface area contributed by atoms with Gasteiger partial charge in [0.05, 0.1) is 5.43 Å². The average Bonchev–Trinajstić information content (AvgIpc) is 3.63. The number of nitrogens with zero attached hydrogens (tertiary/aromatic N) is 2. The molecule has 2 aliphatic carbocycles. The quantitative estimate of drug-likeness (QED) is 0.191. The number of rotatable bonds is 1. The van der Waals surface area contributed by atoms with E-state index in [0.29, 0.717) is 5.56 Å². The summed E-state index contributed by atoms with van der Waals surface area (Å²) >= 11 is 0. The number of carboxylic acids is 1. The van der Waals surface area contributed by atoms with Gasteiger partial charge >= 0.3 is 0 Å². The number of aromatic carboxylic acids is 1. The van der Waals surface area contributed by atoms with E-state index in [1.165, 1.54) is 39.0 Å². The predicted molar refractivity (Wildman–Crippen MR) is 200 cm³/mol. The summed E-state index contributed by atoms with van der Waals surface area (Å²) in [6.07, 6.45) is 7.72. The second kappa shape index (κ2) is 19.6. The number of carbonyl (C=O) groups is 1. The molecule has 2 aromatic heterocycles. The van der Waals surface area contributed by atoms with Gasteiger partial charge in [-0.25, -0.2) is 0 Å². The third-order valence-electron chi connectivity index (χ3n) is 12.9. The van der Waals surface area contributed by atoms with Gasteiger partial charge in [0.25, 0.3) is 5.97 Å². The summed E-state index contributed by atoms with van der Waals surface area (Å²) in [4.78, 5) is 36.7. The molecule has 0 amide bonds. The molecule has 0 fully saturated rings. The molecule has 0 unspecified atom stereocenters. The molecule has 4 heterocycles. The first kappa shape index (κ1) is 55.7. The van der Waals surface area contributed by atoms with E-state index < -0.39 is 16.9 Å². The van der Waals surface area contributed by atoms with Gasteiger partial charge in [0.1, 0.15) is 5.43 Å². The molecule has 276 valence electrons. The van der Waals surface area contributed by atoms with Crippen LogP contribution < -0.4 is 16.6 Å². The third-order valence-corrected chi connectivity index (χ3v) is 12.9. The zero-order valence-corrected chi connectivity index (χ0v) is 51.2. The van der Waals surface area contributed by atoms with Crippen LogP contribution in [0.25, 0.3) is 22.3 Å². The van der Waals surface area contributed by atoms with Crippen molar-refractivity contribution in [2.24, 2.45) is 10.8 Å². The van der Waals surface area contributed by atoms with Crippen LogP contribution >= 0.6 is 0 Å². The van der Waals surface area contributed by atoms with Crippen molar-refractivity contribution >= 4 is 33.9 Å². The third kappa shape index (κ3) is 8.30. The molecule has 8 rings (SSSR count). The van der Waals surface area contributed by atoms with Crippen LogP contribution in [0.3, 0.4) is 0 Å². The van der Waals surface area contributed by atoms with Gasteiger partial charge in [-0.3, -0.25) is 0 Å². The Balaban J connectivity index is 0.000000507. The van der Waals surface area contributed by atoms with Crippen LogP contribution in [0.2, 0.25) is 0 Å². The molecule has 0 saturated carbocycles. The molecule has 56 heavy (non-hydrogen) atoms. The van der Waals surface area contributed by atoms with E-state index in [9.17, 15) is 19.5 Å². The minimum Gasteiger partial charge on any atom is -0.521 e. The molecule has 0 atom stereocenters. The Morgan fingerprint density at radius 1 is 0.625 bits per heavy atom. The molecule has 0 bridgehead atoms. The van der Waals surface area contributed by atoms with Gasteiger partial charge < -0.3 is 34.4 Å². The Kier molecular flexibility index (Phi) is 19.5. The summed E-state index contributed by atoms with van der Waals surface area (Å²) in [5.41, 5.74) is 17.5. The molecule has 3 N–H and O–H groups in total. The first-order chi connectivity index (χ1) is 23.3. The molecule has 7 nitrogen and oxygen atoms in total. The fraction of sp³-hybridized carbons (Fsp3) is 0.372. The number of allylic oxidation sites excluding steroid dienone is 4. The second-order valence-corrected chi connectivity index (χ2v) is 16.3. The fourth-order valence-corrected chi connectivity index (χ4v) is 8.81. The number of fused-ring (bicyclic) bond motifs is 8. The first-order valence-corrected chi connectivity index (χ1v) is 17.3. The van der Waals surface area contributed by atoms with Crippen molar-refractivity contribution in [2.45, 2.75) is 93.2 Å². The van der Waals surface area contributed by atoms with E-state index >= 15 is 0 Å². The molecule has 4 aliphatic rings. The molecule has 4 aromatic rings. The molecule has 2 aliphatic heterocycles. The van der Waals surface area contributed by atoms with Crippen molar-refractivity contribution in [1.82, 2.24) is 9.13 Å². The number of carboxylic acid groups (broad SMARTS) is 1. The van der Waals surface area contributed by atoms with Crippen LogP contribution in [-0.2, 0) is 220 Å². The Morgan fingerprint density at radius 3 is 1.38 bits per heavy atom. The fourth-order valence-electron chi connectivity index (χ4n) is 8.81. The number of pyridine rings is 2. The average molecular weight is 1200 g/mol. The zero-order chi connectivity index (χ0) is 36.5. The zero-order valence-electron chi connectivity index (χ0n) is 34.1. The second-order valence-electron chi connectivity index (χ2n) is 16.3. The van der Waals surface area contributed by atoms with Crippen LogP contribution in [0, 0.1) is 37.1 Å². The van der Waals surface area contributed by atoms with E-state index in [2.05, 4.69) is 109 Å². The maximum Gasteiger partial charge on any atom is 0.252 e. The van der Waals surface area contributed by atoms with Crippen molar-refractivity contribution < 1.29 is 206 Å². The summed E-state index contributed by atoms with van der Waals surface area (Å²) in [6.45, 7) is 21.2. The van der Waals surface area contributed by atoms with Crippen molar-refractivity contribution in [3.63, 3.8) is 0 Å². The van der Waals surface area contributed by atoms with Gasteiger partial charge in [-0.15, -0.1) is 0 Å². The number of benzene rings is 2. The van der Waals surface area contributed by atoms with Gasteiger partial charge in [-0.2, -0.15) is 0 Å². The van der Waals surface area contributed by atoms with E-state index in [1.54, 1.807) is 6.92 Å². The summed E-state index contributed by atoms with van der Waals surface area (Å²) in [5.74, 6) is -1.23. The number of anilines is 1. The molecular weight excluding hydrogens is 1160 g/mol. The Morgan fingerprint density at radius 2 is 0.982 bits per heavy atom. The Hall–Kier alpha value is 1.71. The largest absolute Gasteiger partial charge is 0.521 e. The van der Waals surface area contributed by atoms with Gasteiger partial charge in [0.15, 0.2) is 0 Å². The first-order valence-electron chi connectivity index (χ1n) is 17.3. The number of nitrogen functional groups attached to an aromatic ring is 1. The van der Waals surface area contributed by atoms with Crippen LogP contribution in [-0.4, -0.2) is 20.2 Å². The molecule has 13 heteroatoms. The SMILES string of the molecule is Cc1c2n([c-]c(C(=O)O)c1=O)C(C)(C)C(C)(C)C1=C2Cc2ccccc21.Cc1c2n([c-]c(N)c1=O)C(C)(C)C(C)(C)C1=C2Cc2ccccc21.[Y].[Y].[Y].[Y].[Y].[Y]. The number of hydrogen-bond acceptors (Lipinski definition) is 4. The predicted octanol–water partition coefficient (Wildman–Crippen LogP) is 7.66. The van der Waals surface area contributed by atoms with Gasteiger partial charge in [-0.05, 0) is 90.9 Å². The van der Waals surface area contributed by atoms with Crippen molar-refractivity contribution in [3.8, 4) is 0 Å². The maximum absolute atomic E-state index is 12.7. The van der Waals surface area contributed by atoms with E-state index in [0.717, 1.165) is 35.4 Å². The number of hydrogen-bond donors (Lipinski definition) is 2. The van der Waals surface area contributed by atoms with Crippen molar-refractivity contribution in [2.75, 3.05) is 5.73 Å². The Bertz CT molecular complexity index is 2400. The van der Waals surface area contributed by atoms with Crippen LogP contribution in [0.15, 0.2) is 58.1 Å². The van der Waals surface area contributed by atoms with Crippen molar-refractivity contribution in [1.29, 1.82) is 0 Å². The van der Waals surface area contributed by atoms with Gasteiger partial charge in [0, 0.05) is 218 Å². The topological polar surface area (TPSA) is 107 Å². The van der Waals surface area contributed by atoms with Crippen LogP contribution in [0.4, 0.5) is 5.69 Å². The normalized spacial score (nSPS) is 17.2. The summed E-state index contributed by atoms with van der Waals surface area (Å²) in [6, 6.07) is 16.9. The number of nitrogens with two attached hydrogens (primary N) is 1. The van der Waals surface area contributed by atoms with Crippen LogP contribution in [0.5, 0.6) is 0 Å². The van der Waals surface area contributed by atoms with E-state index in [4.69, 9.17) is 5.73 Å².